The molecule has 1 aliphatic rings. The van der Waals surface area contributed by atoms with Gasteiger partial charge in [0, 0.05) is 18.0 Å². The molecule has 1 heterocycles. The van der Waals surface area contributed by atoms with Crippen LogP contribution in [0.1, 0.15) is 33.6 Å². The molecule has 0 unspecified atom stereocenters. The molecule has 1 aromatic carbocycles. The summed E-state index contributed by atoms with van der Waals surface area (Å²) in [5.41, 5.74) is 0. The second-order valence-corrected chi connectivity index (χ2v) is 5.19. The van der Waals surface area contributed by atoms with E-state index in [1.165, 1.54) is 30.8 Å². The Morgan fingerprint density at radius 1 is 1.06 bits per heavy atom. The lowest BCUT2D eigenvalue weighted by Crippen LogP contribution is -2.27. The monoisotopic (exact) mass is 237 g/mol. The molecule has 1 saturated heterocycles. The zero-order valence-electron chi connectivity index (χ0n) is 10.6. The van der Waals surface area contributed by atoms with E-state index in [0.717, 1.165) is 5.92 Å². The first-order valence-corrected chi connectivity index (χ1v) is 7.10. The van der Waals surface area contributed by atoms with Crippen molar-refractivity contribution < 1.29 is 0 Å². The molecule has 0 saturated carbocycles. The van der Waals surface area contributed by atoms with Gasteiger partial charge in [-0.1, -0.05) is 39.0 Å². The normalized spacial score (nSPS) is 17.7. The Kier molecular flexibility index (Phi) is 6.58. The molecular formula is C14H23NS. The van der Waals surface area contributed by atoms with Gasteiger partial charge in [-0.15, -0.1) is 0 Å². The molecule has 0 radical (unpaired) electrons. The number of hydrogen-bond acceptors (Lipinski definition) is 2. The summed E-state index contributed by atoms with van der Waals surface area (Å²) < 4.78 is 2.48. The molecular weight excluding hydrogens is 214 g/mol. The fourth-order valence-electron chi connectivity index (χ4n) is 1.71. The highest BCUT2D eigenvalue weighted by atomic mass is 32.2. The summed E-state index contributed by atoms with van der Waals surface area (Å²) in [6, 6.07) is 10.7. The first-order chi connectivity index (χ1) is 7.84. The second-order valence-electron chi connectivity index (χ2n) is 4.02. The predicted molar refractivity (Wildman–Crippen MR) is 73.6 cm³/mol. The Balaban J connectivity index is 0.000000606. The van der Waals surface area contributed by atoms with Gasteiger partial charge in [-0.3, -0.25) is 0 Å². The zero-order valence-corrected chi connectivity index (χ0v) is 11.5. The molecule has 0 spiro atoms. The van der Waals surface area contributed by atoms with E-state index in [1.54, 1.807) is 0 Å². The smallest absolute Gasteiger partial charge is 0.0230 e. The highest BCUT2D eigenvalue weighted by Gasteiger charge is 2.15. The highest BCUT2D eigenvalue weighted by molar-refractivity contribution is 7.97. The molecule has 0 N–H and O–H groups in total. The van der Waals surface area contributed by atoms with Gasteiger partial charge in [0.1, 0.15) is 0 Å². The standard InChI is InChI=1S/C12H17NS.C2H6/c1-11-7-9-13(10-8-11)14-12-5-3-2-4-6-12;1-2/h2-6,11H,7-10H2,1H3;1-2H3. The fourth-order valence-corrected chi connectivity index (χ4v) is 2.68. The quantitative estimate of drug-likeness (QED) is 0.699. The van der Waals surface area contributed by atoms with Gasteiger partial charge >= 0.3 is 0 Å². The molecule has 1 aliphatic heterocycles. The number of benzene rings is 1. The zero-order chi connectivity index (χ0) is 11.8. The van der Waals surface area contributed by atoms with Crippen LogP contribution in [-0.4, -0.2) is 17.4 Å². The molecule has 2 rings (SSSR count). The first kappa shape index (κ1) is 13.6. The van der Waals surface area contributed by atoms with Crippen LogP contribution in [0.4, 0.5) is 0 Å². The van der Waals surface area contributed by atoms with Gasteiger partial charge in [0.2, 0.25) is 0 Å². The van der Waals surface area contributed by atoms with Crippen LogP contribution in [-0.2, 0) is 0 Å². The van der Waals surface area contributed by atoms with Crippen molar-refractivity contribution in [1.82, 2.24) is 4.31 Å². The minimum Gasteiger partial charge on any atom is -0.246 e. The summed E-state index contributed by atoms with van der Waals surface area (Å²) in [6.45, 7) is 8.83. The highest BCUT2D eigenvalue weighted by Crippen LogP contribution is 2.27. The van der Waals surface area contributed by atoms with Crippen LogP contribution >= 0.6 is 11.9 Å². The van der Waals surface area contributed by atoms with Gasteiger partial charge < -0.3 is 0 Å². The Morgan fingerprint density at radius 3 is 2.19 bits per heavy atom. The first-order valence-electron chi connectivity index (χ1n) is 6.32. The van der Waals surface area contributed by atoms with Gasteiger partial charge in [-0.25, -0.2) is 4.31 Å². The van der Waals surface area contributed by atoms with E-state index in [9.17, 15) is 0 Å². The number of hydrogen-bond donors (Lipinski definition) is 0. The average molecular weight is 237 g/mol. The summed E-state index contributed by atoms with van der Waals surface area (Å²) in [4.78, 5) is 1.36. The van der Waals surface area contributed by atoms with E-state index in [4.69, 9.17) is 0 Å². The molecule has 0 atom stereocenters. The minimum absolute atomic E-state index is 0.919. The van der Waals surface area contributed by atoms with Crippen LogP contribution in [0.3, 0.4) is 0 Å². The maximum atomic E-state index is 2.48. The minimum atomic E-state index is 0.919. The van der Waals surface area contributed by atoms with E-state index in [1.807, 2.05) is 25.8 Å². The van der Waals surface area contributed by atoms with Gasteiger partial charge in [0.25, 0.3) is 0 Å². The van der Waals surface area contributed by atoms with E-state index in [2.05, 4.69) is 41.6 Å². The fraction of sp³-hybridized carbons (Fsp3) is 0.571. The van der Waals surface area contributed by atoms with Crippen LogP contribution in [0.15, 0.2) is 35.2 Å². The van der Waals surface area contributed by atoms with Crippen molar-refractivity contribution >= 4 is 11.9 Å². The van der Waals surface area contributed by atoms with Gasteiger partial charge in [0.15, 0.2) is 0 Å². The third-order valence-electron chi connectivity index (χ3n) is 2.72. The Hall–Kier alpha value is -0.470. The summed E-state index contributed by atoms with van der Waals surface area (Å²) >= 11 is 1.90. The second kappa shape index (κ2) is 7.75. The summed E-state index contributed by atoms with van der Waals surface area (Å²) in [7, 11) is 0. The maximum Gasteiger partial charge on any atom is 0.0230 e. The van der Waals surface area contributed by atoms with E-state index in [-0.39, 0.29) is 0 Å². The van der Waals surface area contributed by atoms with Gasteiger partial charge in [-0.2, -0.15) is 0 Å². The van der Waals surface area contributed by atoms with Crippen LogP contribution in [0, 0.1) is 5.92 Å². The van der Waals surface area contributed by atoms with Crippen LogP contribution in [0.2, 0.25) is 0 Å². The van der Waals surface area contributed by atoms with E-state index < -0.39 is 0 Å². The third-order valence-corrected chi connectivity index (χ3v) is 3.83. The van der Waals surface area contributed by atoms with Crippen molar-refractivity contribution in [3.05, 3.63) is 30.3 Å². The van der Waals surface area contributed by atoms with Crippen molar-refractivity contribution in [3.63, 3.8) is 0 Å². The number of nitrogens with zero attached hydrogens (tertiary/aromatic N) is 1. The summed E-state index contributed by atoms with van der Waals surface area (Å²) in [5, 5.41) is 0. The van der Waals surface area contributed by atoms with Crippen molar-refractivity contribution in [2.75, 3.05) is 13.1 Å². The van der Waals surface area contributed by atoms with Crippen molar-refractivity contribution in [3.8, 4) is 0 Å². The molecule has 1 aromatic rings. The molecule has 0 aromatic heterocycles. The molecule has 90 valence electrons. The summed E-state index contributed by atoms with van der Waals surface area (Å²) in [5.74, 6) is 0.919. The van der Waals surface area contributed by atoms with Gasteiger partial charge in [-0.05, 0) is 42.8 Å². The van der Waals surface area contributed by atoms with Gasteiger partial charge in [0.05, 0.1) is 0 Å². The lowest BCUT2D eigenvalue weighted by atomic mass is 10.0. The molecule has 2 heteroatoms. The maximum absolute atomic E-state index is 2.48. The lowest BCUT2D eigenvalue weighted by molar-refractivity contribution is 0.308. The molecule has 16 heavy (non-hydrogen) atoms. The topological polar surface area (TPSA) is 3.24 Å². The van der Waals surface area contributed by atoms with Crippen molar-refractivity contribution in [2.24, 2.45) is 5.92 Å². The molecule has 1 nitrogen and oxygen atoms in total. The Labute approximate surface area is 104 Å². The Bertz CT molecular complexity index is 265. The molecule has 0 amide bonds. The molecule has 0 aliphatic carbocycles. The number of rotatable bonds is 2. The van der Waals surface area contributed by atoms with Crippen LogP contribution in [0.5, 0.6) is 0 Å². The van der Waals surface area contributed by atoms with Crippen LogP contribution in [0.25, 0.3) is 0 Å². The average Bonchev–Trinajstić information content (AvgIpc) is 2.36. The SMILES string of the molecule is CC.CC1CCN(Sc2ccccc2)CC1. The largest absolute Gasteiger partial charge is 0.246 e. The van der Waals surface area contributed by atoms with Crippen molar-refractivity contribution in [2.45, 2.75) is 38.5 Å². The number of piperidine rings is 1. The molecule has 1 fully saturated rings. The Morgan fingerprint density at radius 2 is 1.62 bits per heavy atom. The van der Waals surface area contributed by atoms with E-state index in [0.29, 0.717) is 0 Å². The van der Waals surface area contributed by atoms with Crippen molar-refractivity contribution in [1.29, 1.82) is 0 Å². The third kappa shape index (κ3) is 4.58. The predicted octanol–water partition coefficient (Wildman–Crippen LogP) is 4.45. The lowest BCUT2D eigenvalue weighted by Gasteiger charge is -2.28. The molecule has 0 bridgehead atoms. The van der Waals surface area contributed by atoms with Crippen LogP contribution < -0.4 is 0 Å². The summed E-state index contributed by atoms with van der Waals surface area (Å²) in [6.07, 6.45) is 2.69. The van der Waals surface area contributed by atoms with E-state index >= 15 is 0 Å².